The second-order valence-corrected chi connectivity index (χ2v) is 4.39. The first-order valence-electron chi connectivity index (χ1n) is 6.16. The molecule has 1 N–H and O–H groups in total. The number of carboxylic acids is 1. The van der Waals surface area contributed by atoms with Crippen LogP contribution in [0, 0.1) is 0 Å². The summed E-state index contributed by atoms with van der Waals surface area (Å²) in [5, 5.41) is 9.22. The van der Waals surface area contributed by atoms with Gasteiger partial charge in [0.15, 0.2) is 0 Å². The number of unbranched alkanes of at least 4 members (excludes halogenated alkanes) is 2. The number of carbonyl (C=O) groups is 1. The molecular weight excluding hydrogens is 202 g/mol. The Labute approximate surface area is 97.7 Å². The van der Waals surface area contributed by atoms with Crippen molar-refractivity contribution < 1.29 is 14.4 Å². The Morgan fingerprint density at radius 2 is 1.81 bits per heavy atom. The summed E-state index contributed by atoms with van der Waals surface area (Å²) in [7, 11) is 0. The monoisotopic (exact) mass is 224 g/mol. The zero-order valence-corrected chi connectivity index (χ0v) is 10.3. The molecule has 3 nitrogen and oxygen atoms in total. The van der Waals surface area contributed by atoms with E-state index in [0.29, 0.717) is 10.2 Å². The Kier molecular flexibility index (Phi) is 4.74. The Balaban J connectivity index is 2.81. The molecule has 0 aliphatic carbocycles. The Morgan fingerprint density at radius 1 is 1.25 bits per heavy atom. The highest BCUT2D eigenvalue weighted by atomic mass is 16.4. The predicted octanol–water partition coefficient (Wildman–Crippen LogP) is 2.90. The van der Waals surface area contributed by atoms with Crippen LogP contribution in [0.3, 0.4) is 0 Å². The maximum absolute atomic E-state index is 11.2. The van der Waals surface area contributed by atoms with Crippen molar-refractivity contribution in [2.75, 3.05) is 13.1 Å². The zero-order chi connectivity index (χ0) is 12.0. The average Bonchev–Trinajstić information content (AvgIpc) is 2.68. The van der Waals surface area contributed by atoms with E-state index >= 15 is 0 Å². The van der Waals surface area contributed by atoms with Crippen LogP contribution in [0.4, 0.5) is 0 Å². The van der Waals surface area contributed by atoms with Crippen molar-refractivity contribution in [1.82, 2.24) is 0 Å². The molecule has 16 heavy (non-hydrogen) atoms. The minimum atomic E-state index is -0.780. The number of quaternary nitrogens is 1. The van der Waals surface area contributed by atoms with Gasteiger partial charge in [-0.25, -0.2) is 4.79 Å². The van der Waals surface area contributed by atoms with Gasteiger partial charge in [0, 0.05) is 6.08 Å². The SMILES string of the molecule is CCCC[N+]1(CCCC)C=CC=C1C(=O)O. The molecule has 0 aromatic carbocycles. The lowest BCUT2D eigenvalue weighted by molar-refractivity contribution is -0.835. The molecule has 0 fully saturated rings. The fourth-order valence-corrected chi connectivity index (χ4v) is 2.17. The van der Waals surface area contributed by atoms with Crippen molar-refractivity contribution in [3.63, 3.8) is 0 Å². The van der Waals surface area contributed by atoms with E-state index in [4.69, 9.17) is 0 Å². The lowest BCUT2D eigenvalue weighted by atomic mass is 10.2. The molecule has 0 aromatic heterocycles. The van der Waals surface area contributed by atoms with Crippen molar-refractivity contribution in [3.05, 3.63) is 24.0 Å². The molecule has 1 heterocycles. The first-order valence-corrected chi connectivity index (χ1v) is 6.16. The van der Waals surface area contributed by atoms with Crippen LogP contribution in [-0.2, 0) is 4.79 Å². The van der Waals surface area contributed by atoms with Crippen molar-refractivity contribution in [3.8, 4) is 0 Å². The highest BCUT2D eigenvalue weighted by Crippen LogP contribution is 2.27. The summed E-state index contributed by atoms with van der Waals surface area (Å²) in [5.41, 5.74) is 0.530. The molecule has 1 aliphatic heterocycles. The van der Waals surface area contributed by atoms with Gasteiger partial charge in [-0.15, -0.1) is 0 Å². The lowest BCUT2D eigenvalue weighted by Crippen LogP contribution is -2.44. The first-order chi connectivity index (χ1) is 7.66. The summed E-state index contributed by atoms with van der Waals surface area (Å²) < 4.78 is 0.539. The van der Waals surface area contributed by atoms with Crippen LogP contribution < -0.4 is 0 Å². The van der Waals surface area contributed by atoms with Gasteiger partial charge in [0.2, 0.25) is 5.70 Å². The lowest BCUT2D eigenvalue weighted by Gasteiger charge is -2.32. The van der Waals surface area contributed by atoms with E-state index in [1.807, 2.05) is 12.3 Å². The maximum atomic E-state index is 11.2. The van der Waals surface area contributed by atoms with E-state index in [-0.39, 0.29) is 0 Å². The average molecular weight is 224 g/mol. The van der Waals surface area contributed by atoms with Crippen molar-refractivity contribution in [2.45, 2.75) is 39.5 Å². The molecule has 0 amide bonds. The van der Waals surface area contributed by atoms with Gasteiger partial charge in [-0.2, -0.15) is 0 Å². The highest BCUT2D eigenvalue weighted by Gasteiger charge is 2.36. The van der Waals surface area contributed by atoms with E-state index in [1.54, 1.807) is 6.08 Å². The molecule has 0 saturated heterocycles. The molecule has 0 atom stereocenters. The molecule has 0 spiro atoms. The molecule has 0 saturated carbocycles. The standard InChI is InChI=1S/C13H21NO2/c1-3-5-9-14(10-6-4-2)11-7-8-12(14)13(15)16/h7-8,11H,3-6,9-10H2,1-2H3/p+1. The van der Waals surface area contributed by atoms with Crippen LogP contribution in [0.25, 0.3) is 0 Å². The first kappa shape index (κ1) is 13.0. The largest absolute Gasteiger partial charge is 0.474 e. The molecule has 0 radical (unpaired) electrons. The summed E-state index contributed by atoms with van der Waals surface area (Å²) in [4.78, 5) is 11.2. The van der Waals surface area contributed by atoms with Crippen LogP contribution in [0.15, 0.2) is 24.0 Å². The quantitative estimate of drug-likeness (QED) is 0.675. The molecule has 0 unspecified atom stereocenters. The van der Waals surface area contributed by atoms with Crippen LogP contribution in [-0.4, -0.2) is 28.6 Å². The minimum absolute atomic E-state index is 0.530. The molecular formula is C13H22NO2+. The Bertz CT molecular complexity index is 297. The van der Waals surface area contributed by atoms with Gasteiger partial charge in [0.1, 0.15) is 6.20 Å². The summed E-state index contributed by atoms with van der Waals surface area (Å²) in [6.45, 7) is 6.09. The number of hydrogen-bond acceptors (Lipinski definition) is 1. The minimum Gasteiger partial charge on any atom is -0.474 e. The van der Waals surface area contributed by atoms with Gasteiger partial charge in [-0.1, -0.05) is 26.7 Å². The number of carboxylic acid groups (broad SMARTS) is 1. The van der Waals surface area contributed by atoms with E-state index in [0.717, 1.165) is 38.8 Å². The third-order valence-electron chi connectivity index (χ3n) is 3.15. The van der Waals surface area contributed by atoms with Crippen molar-refractivity contribution in [2.24, 2.45) is 0 Å². The molecule has 3 heteroatoms. The van der Waals surface area contributed by atoms with Crippen molar-refractivity contribution >= 4 is 5.97 Å². The fraction of sp³-hybridized carbons (Fsp3) is 0.615. The number of allylic oxidation sites excluding steroid dienone is 2. The third kappa shape index (κ3) is 2.73. The Morgan fingerprint density at radius 3 is 2.25 bits per heavy atom. The van der Waals surface area contributed by atoms with Crippen LogP contribution >= 0.6 is 0 Å². The van der Waals surface area contributed by atoms with Gasteiger partial charge in [0.25, 0.3) is 0 Å². The van der Waals surface area contributed by atoms with E-state index in [2.05, 4.69) is 13.8 Å². The molecule has 0 bridgehead atoms. The molecule has 1 aliphatic rings. The number of hydrogen-bond donors (Lipinski definition) is 1. The van der Waals surface area contributed by atoms with E-state index < -0.39 is 5.97 Å². The molecule has 0 aromatic rings. The van der Waals surface area contributed by atoms with Crippen LogP contribution in [0.5, 0.6) is 0 Å². The molecule has 1 rings (SSSR count). The Hall–Kier alpha value is -1.09. The number of aliphatic carboxylic acids is 1. The van der Waals surface area contributed by atoms with Gasteiger partial charge < -0.3 is 5.11 Å². The molecule has 90 valence electrons. The summed E-state index contributed by atoms with van der Waals surface area (Å²) in [6.07, 6.45) is 10.0. The van der Waals surface area contributed by atoms with E-state index in [1.165, 1.54) is 0 Å². The second-order valence-electron chi connectivity index (χ2n) is 4.39. The van der Waals surface area contributed by atoms with Crippen molar-refractivity contribution in [1.29, 1.82) is 0 Å². The van der Waals surface area contributed by atoms with Crippen LogP contribution in [0.1, 0.15) is 39.5 Å². The topological polar surface area (TPSA) is 37.3 Å². The van der Waals surface area contributed by atoms with Crippen LogP contribution in [0.2, 0.25) is 0 Å². The van der Waals surface area contributed by atoms with Gasteiger partial charge in [0.05, 0.1) is 13.1 Å². The van der Waals surface area contributed by atoms with E-state index in [9.17, 15) is 9.90 Å². The summed E-state index contributed by atoms with van der Waals surface area (Å²) >= 11 is 0. The second kappa shape index (κ2) is 5.85. The smallest absolute Gasteiger partial charge is 0.390 e. The third-order valence-corrected chi connectivity index (χ3v) is 3.15. The maximum Gasteiger partial charge on any atom is 0.390 e. The number of nitrogens with zero attached hydrogens (tertiary/aromatic N) is 1. The zero-order valence-electron chi connectivity index (χ0n) is 10.3. The normalized spacial score (nSPS) is 17.5. The highest BCUT2D eigenvalue weighted by molar-refractivity contribution is 5.85. The van der Waals surface area contributed by atoms with Gasteiger partial charge in [-0.05, 0) is 18.9 Å². The predicted molar refractivity (Wildman–Crippen MR) is 64.7 cm³/mol. The fourth-order valence-electron chi connectivity index (χ4n) is 2.17. The van der Waals surface area contributed by atoms with Gasteiger partial charge in [-0.3, -0.25) is 4.48 Å². The number of rotatable bonds is 7. The van der Waals surface area contributed by atoms with Gasteiger partial charge >= 0.3 is 5.97 Å². The summed E-state index contributed by atoms with van der Waals surface area (Å²) in [6, 6.07) is 0. The summed E-state index contributed by atoms with van der Waals surface area (Å²) in [5.74, 6) is -0.780.